The van der Waals surface area contributed by atoms with Gasteiger partial charge in [0.25, 0.3) is 0 Å². The number of carbonyl (C=O) groups excluding carboxylic acids is 1. The van der Waals surface area contributed by atoms with Gasteiger partial charge >= 0.3 is 5.97 Å². The second-order valence-corrected chi connectivity index (χ2v) is 7.25. The van der Waals surface area contributed by atoms with Crippen LogP contribution in [0.4, 0.5) is 8.78 Å². The lowest BCUT2D eigenvalue weighted by molar-refractivity contribution is -0.137. The molecule has 0 atom stereocenters. The van der Waals surface area contributed by atoms with E-state index in [1.807, 2.05) is 6.07 Å². The fourth-order valence-corrected chi connectivity index (χ4v) is 3.91. The lowest BCUT2D eigenvalue weighted by Gasteiger charge is -2.25. The van der Waals surface area contributed by atoms with Gasteiger partial charge in [-0.3, -0.25) is 0 Å². The maximum atomic E-state index is 14.4. The third-order valence-electron chi connectivity index (χ3n) is 4.16. The van der Waals surface area contributed by atoms with Gasteiger partial charge in [0.2, 0.25) is 0 Å². The van der Waals surface area contributed by atoms with Crippen molar-refractivity contribution in [2.24, 2.45) is 0 Å². The number of benzene rings is 1. The van der Waals surface area contributed by atoms with Crippen LogP contribution in [-0.2, 0) is 9.53 Å². The summed E-state index contributed by atoms with van der Waals surface area (Å²) in [5.74, 6) is -2.10. The van der Waals surface area contributed by atoms with Gasteiger partial charge in [0.05, 0.1) is 6.61 Å². The first-order valence-corrected chi connectivity index (χ1v) is 9.42. The van der Waals surface area contributed by atoms with Crippen molar-refractivity contribution in [1.82, 2.24) is 4.98 Å². The highest BCUT2D eigenvalue weighted by molar-refractivity contribution is 8.00. The lowest BCUT2D eigenvalue weighted by Crippen LogP contribution is -2.13. The molecule has 26 heavy (non-hydrogen) atoms. The van der Waals surface area contributed by atoms with Crippen LogP contribution in [-0.4, -0.2) is 22.8 Å². The summed E-state index contributed by atoms with van der Waals surface area (Å²) in [6.07, 6.45) is 7.30. The summed E-state index contributed by atoms with van der Waals surface area (Å²) < 4.78 is 33.6. The van der Waals surface area contributed by atoms with Gasteiger partial charge in [-0.15, -0.1) is 11.8 Å². The van der Waals surface area contributed by atoms with Crippen LogP contribution in [0.5, 0.6) is 0 Å². The molecule has 1 aliphatic carbocycles. The van der Waals surface area contributed by atoms with E-state index in [2.05, 4.69) is 4.98 Å². The quantitative estimate of drug-likeness (QED) is 0.511. The molecule has 0 aliphatic heterocycles. The van der Waals surface area contributed by atoms with Gasteiger partial charge in [0.15, 0.2) is 0 Å². The zero-order valence-corrected chi connectivity index (χ0v) is 15.2. The van der Waals surface area contributed by atoms with E-state index in [9.17, 15) is 13.6 Å². The van der Waals surface area contributed by atoms with E-state index >= 15 is 0 Å². The Bertz CT molecular complexity index is 811. The summed E-state index contributed by atoms with van der Waals surface area (Å²) in [5.41, 5.74) is 0.880. The number of pyridine rings is 1. The maximum Gasteiger partial charge on any atom is 0.330 e. The topological polar surface area (TPSA) is 39.2 Å². The van der Waals surface area contributed by atoms with E-state index in [1.54, 1.807) is 30.9 Å². The Labute approximate surface area is 155 Å². The van der Waals surface area contributed by atoms with Crippen molar-refractivity contribution in [1.29, 1.82) is 0 Å². The van der Waals surface area contributed by atoms with Crippen molar-refractivity contribution in [3.8, 4) is 11.1 Å². The molecule has 1 aromatic carbocycles. The number of hydrogen-bond acceptors (Lipinski definition) is 4. The smallest absolute Gasteiger partial charge is 0.330 e. The summed E-state index contributed by atoms with van der Waals surface area (Å²) in [4.78, 5) is 15.7. The summed E-state index contributed by atoms with van der Waals surface area (Å²) >= 11 is 1.66. The zero-order chi connectivity index (χ0) is 18.5. The molecule has 1 aromatic heterocycles. The Balaban J connectivity index is 1.89. The minimum Gasteiger partial charge on any atom is -0.463 e. The van der Waals surface area contributed by atoms with Crippen LogP contribution in [0.2, 0.25) is 0 Å². The Morgan fingerprint density at radius 3 is 2.69 bits per heavy atom. The van der Waals surface area contributed by atoms with Crippen LogP contribution in [0.1, 0.15) is 31.7 Å². The first-order chi connectivity index (χ1) is 12.6. The van der Waals surface area contributed by atoms with E-state index < -0.39 is 17.6 Å². The molecular formula is C20H19F2NO2S. The third kappa shape index (κ3) is 4.30. The highest BCUT2D eigenvalue weighted by Crippen LogP contribution is 2.40. The van der Waals surface area contributed by atoms with Gasteiger partial charge in [-0.05, 0) is 49.6 Å². The van der Waals surface area contributed by atoms with Gasteiger partial charge in [0.1, 0.15) is 16.7 Å². The minimum absolute atomic E-state index is 0.204. The molecule has 0 radical (unpaired) electrons. The first-order valence-electron chi connectivity index (χ1n) is 8.54. The van der Waals surface area contributed by atoms with Crippen molar-refractivity contribution < 1.29 is 18.3 Å². The van der Waals surface area contributed by atoms with Crippen LogP contribution < -0.4 is 0 Å². The van der Waals surface area contributed by atoms with E-state index in [-0.39, 0.29) is 12.2 Å². The van der Waals surface area contributed by atoms with Gasteiger partial charge in [0, 0.05) is 28.6 Å². The molecule has 2 aromatic rings. The molecule has 136 valence electrons. The van der Waals surface area contributed by atoms with Crippen LogP contribution >= 0.6 is 11.8 Å². The molecule has 1 aliphatic rings. The first kappa shape index (κ1) is 18.6. The Hall–Kier alpha value is -2.21. The monoisotopic (exact) mass is 375 g/mol. The second kappa shape index (κ2) is 8.45. The molecule has 1 fully saturated rings. The number of esters is 1. The summed E-state index contributed by atoms with van der Waals surface area (Å²) in [7, 11) is 0. The van der Waals surface area contributed by atoms with Crippen LogP contribution in [0.15, 0.2) is 41.6 Å². The fraction of sp³-hybridized carbons (Fsp3) is 0.300. The highest BCUT2D eigenvalue weighted by Gasteiger charge is 2.21. The average molecular weight is 375 g/mol. The maximum absolute atomic E-state index is 14.4. The highest BCUT2D eigenvalue weighted by atomic mass is 32.2. The van der Waals surface area contributed by atoms with Crippen molar-refractivity contribution in [2.75, 3.05) is 6.61 Å². The molecule has 0 spiro atoms. The number of rotatable bonds is 6. The fourth-order valence-electron chi connectivity index (χ4n) is 2.59. The zero-order valence-electron chi connectivity index (χ0n) is 14.4. The predicted molar refractivity (Wildman–Crippen MR) is 98.8 cm³/mol. The third-order valence-corrected chi connectivity index (χ3v) is 5.52. The normalized spacial score (nSPS) is 14.4. The number of aromatic nitrogens is 1. The molecule has 0 saturated heterocycles. The molecule has 0 amide bonds. The molecule has 0 N–H and O–H groups in total. The number of hydrogen-bond donors (Lipinski definition) is 0. The van der Waals surface area contributed by atoms with E-state index in [1.165, 1.54) is 18.6 Å². The average Bonchev–Trinajstić information content (AvgIpc) is 2.58. The van der Waals surface area contributed by atoms with Gasteiger partial charge < -0.3 is 4.74 Å². The molecule has 1 heterocycles. The van der Waals surface area contributed by atoms with Crippen molar-refractivity contribution in [3.05, 3.63) is 53.7 Å². The SMILES string of the molecule is CCOC(=O)/C=C/c1c(F)cc(-c2cccnc2SC2CCC2)cc1F. The molecule has 0 bridgehead atoms. The van der Waals surface area contributed by atoms with E-state index in [4.69, 9.17) is 4.74 Å². The van der Waals surface area contributed by atoms with E-state index in [0.717, 1.165) is 30.0 Å². The van der Waals surface area contributed by atoms with Crippen molar-refractivity contribution in [3.63, 3.8) is 0 Å². The summed E-state index contributed by atoms with van der Waals surface area (Å²) in [6, 6.07) is 6.12. The van der Waals surface area contributed by atoms with Gasteiger partial charge in [-0.1, -0.05) is 12.5 Å². The Morgan fingerprint density at radius 1 is 1.35 bits per heavy atom. The number of halogens is 2. The minimum atomic E-state index is -0.732. The number of carbonyl (C=O) groups is 1. The van der Waals surface area contributed by atoms with Gasteiger partial charge in [-0.2, -0.15) is 0 Å². The van der Waals surface area contributed by atoms with Crippen molar-refractivity contribution >= 4 is 23.8 Å². The summed E-state index contributed by atoms with van der Waals surface area (Å²) in [5, 5.41) is 1.30. The number of ether oxygens (including phenoxy) is 1. The Kier molecular flexibility index (Phi) is 6.04. The molecular weight excluding hydrogens is 356 g/mol. The standard InChI is InChI=1S/C20H19F2NO2S/c1-2-25-19(24)9-8-16-17(21)11-13(12-18(16)22)15-7-4-10-23-20(15)26-14-5-3-6-14/h4,7-12,14H,2-3,5-6H2,1H3/b9-8+. The Morgan fingerprint density at radius 2 is 2.08 bits per heavy atom. The van der Waals surface area contributed by atoms with Crippen LogP contribution in [0.3, 0.4) is 0 Å². The van der Waals surface area contributed by atoms with Crippen LogP contribution in [0.25, 0.3) is 17.2 Å². The molecule has 3 rings (SSSR count). The van der Waals surface area contributed by atoms with Crippen molar-refractivity contribution in [2.45, 2.75) is 36.5 Å². The second-order valence-electron chi connectivity index (χ2n) is 5.97. The molecule has 0 unspecified atom stereocenters. The molecule has 6 heteroatoms. The predicted octanol–water partition coefficient (Wildman–Crippen LogP) is 5.25. The lowest BCUT2D eigenvalue weighted by atomic mass is 10.00. The molecule has 1 saturated carbocycles. The largest absolute Gasteiger partial charge is 0.463 e. The van der Waals surface area contributed by atoms with E-state index in [0.29, 0.717) is 16.4 Å². The molecule has 3 nitrogen and oxygen atoms in total. The van der Waals surface area contributed by atoms with Crippen LogP contribution in [0, 0.1) is 11.6 Å². The number of thioether (sulfide) groups is 1. The summed E-state index contributed by atoms with van der Waals surface area (Å²) in [6.45, 7) is 1.87. The van der Waals surface area contributed by atoms with Gasteiger partial charge in [-0.25, -0.2) is 18.6 Å². The number of nitrogens with zero attached hydrogens (tertiary/aromatic N) is 1.